The van der Waals surface area contributed by atoms with Gasteiger partial charge in [-0.1, -0.05) is 6.07 Å². The maximum Gasteiger partial charge on any atom is 0.177 e. The summed E-state index contributed by atoms with van der Waals surface area (Å²) in [5, 5.41) is 0. The molecule has 2 aromatic rings. The zero-order valence-corrected chi connectivity index (χ0v) is 9.25. The van der Waals surface area contributed by atoms with Crippen LogP contribution in [0.25, 0.3) is 11.0 Å². The Bertz CT molecular complexity index is 620. The number of hydrogen-bond acceptors (Lipinski definition) is 4. The fourth-order valence-electron chi connectivity index (χ4n) is 1.58. The van der Waals surface area contributed by atoms with Crippen LogP contribution in [0.3, 0.4) is 0 Å². The number of aromatic nitrogens is 2. The molecule has 0 amide bonds. The predicted octanol–water partition coefficient (Wildman–Crippen LogP) is 1.34. The molecule has 1 aromatic heterocycles. The summed E-state index contributed by atoms with van der Waals surface area (Å²) in [6.07, 6.45) is 4.23. The number of benzene rings is 1. The van der Waals surface area contributed by atoms with Crippen molar-refractivity contribution in [3.05, 3.63) is 30.1 Å². The van der Waals surface area contributed by atoms with Crippen LogP contribution >= 0.6 is 0 Å². The predicted molar refractivity (Wildman–Crippen MR) is 57.4 cm³/mol. The lowest BCUT2D eigenvalue weighted by molar-refractivity contribution is 0.602. The number of nitrogens with zero attached hydrogens (tertiary/aromatic N) is 2. The van der Waals surface area contributed by atoms with Crippen molar-refractivity contribution >= 4 is 20.9 Å². The van der Waals surface area contributed by atoms with E-state index in [1.807, 2.05) is 0 Å². The molecule has 2 rings (SSSR count). The van der Waals surface area contributed by atoms with Crippen molar-refractivity contribution in [2.75, 3.05) is 6.26 Å². The van der Waals surface area contributed by atoms with Gasteiger partial charge >= 0.3 is 0 Å². The third-order valence-corrected chi connectivity index (χ3v) is 3.42. The highest BCUT2D eigenvalue weighted by atomic mass is 32.2. The molecule has 1 heterocycles. The van der Waals surface area contributed by atoms with E-state index in [4.69, 9.17) is 0 Å². The van der Waals surface area contributed by atoms with Gasteiger partial charge in [-0.2, -0.15) is 0 Å². The fraction of sp³-hybridized carbons (Fsp3) is 0.200. The van der Waals surface area contributed by atoms with Gasteiger partial charge in [-0.05, 0) is 18.6 Å². The van der Waals surface area contributed by atoms with Gasteiger partial charge in [0, 0.05) is 18.6 Å². The molecule has 0 bridgehead atoms. The van der Waals surface area contributed by atoms with Crippen molar-refractivity contribution in [3.63, 3.8) is 0 Å². The van der Waals surface area contributed by atoms with Crippen molar-refractivity contribution in [3.8, 4) is 0 Å². The number of aryl methyl sites for hydroxylation is 1. The molecule has 0 radical (unpaired) electrons. The van der Waals surface area contributed by atoms with Gasteiger partial charge in [-0.3, -0.25) is 9.97 Å². The monoisotopic (exact) mass is 222 g/mol. The average molecular weight is 222 g/mol. The summed E-state index contributed by atoms with van der Waals surface area (Å²) < 4.78 is 23.2. The van der Waals surface area contributed by atoms with Crippen LogP contribution in [0, 0.1) is 6.92 Å². The summed E-state index contributed by atoms with van der Waals surface area (Å²) in [7, 11) is -3.26. The van der Waals surface area contributed by atoms with Gasteiger partial charge in [0.1, 0.15) is 5.52 Å². The first-order valence-electron chi connectivity index (χ1n) is 4.40. The van der Waals surface area contributed by atoms with Crippen LogP contribution in [0.1, 0.15) is 5.56 Å². The minimum absolute atomic E-state index is 0.271. The molecule has 5 heteroatoms. The van der Waals surface area contributed by atoms with Gasteiger partial charge in [0.15, 0.2) is 9.84 Å². The highest BCUT2D eigenvalue weighted by Crippen LogP contribution is 2.22. The maximum absolute atomic E-state index is 11.6. The maximum atomic E-state index is 11.6. The van der Waals surface area contributed by atoms with Crippen LogP contribution in [0.4, 0.5) is 0 Å². The van der Waals surface area contributed by atoms with Crippen LogP contribution in [0.5, 0.6) is 0 Å². The standard InChI is InChI=1S/C10H10N2O2S/c1-7-3-4-8-9(12-6-5-11-8)10(7)15(2,13)14/h3-6H,1-2H3. The smallest absolute Gasteiger partial charge is 0.177 e. The summed E-state index contributed by atoms with van der Waals surface area (Å²) in [5.74, 6) is 0. The van der Waals surface area contributed by atoms with Gasteiger partial charge in [-0.15, -0.1) is 0 Å². The molecule has 0 aliphatic heterocycles. The second kappa shape index (κ2) is 3.27. The zero-order chi connectivity index (χ0) is 11.1. The largest absolute Gasteiger partial charge is 0.253 e. The molecular weight excluding hydrogens is 212 g/mol. The van der Waals surface area contributed by atoms with E-state index in [-0.39, 0.29) is 4.90 Å². The Balaban J connectivity index is 2.99. The van der Waals surface area contributed by atoms with E-state index in [0.29, 0.717) is 16.6 Å². The molecule has 0 spiro atoms. The topological polar surface area (TPSA) is 59.9 Å². The van der Waals surface area contributed by atoms with Crippen molar-refractivity contribution < 1.29 is 8.42 Å². The fourth-order valence-corrected chi connectivity index (χ4v) is 2.74. The Morgan fingerprint density at radius 1 is 1.13 bits per heavy atom. The van der Waals surface area contributed by atoms with E-state index in [9.17, 15) is 8.42 Å². The second-order valence-corrected chi connectivity index (χ2v) is 5.36. The lowest BCUT2D eigenvalue weighted by Crippen LogP contribution is -2.02. The van der Waals surface area contributed by atoms with Gasteiger partial charge < -0.3 is 0 Å². The molecule has 0 N–H and O–H groups in total. The Kier molecular flexibility index (Phi) is 2.19. The van der Waals surface area contributed by atoms with Crippen LogP contribution in [0.2, 0.25) is 0 Å². The minimum atomic E-state index is -3.26. The first-order valence-corrected chi connectivity index (χ1v) is 6.29. The Morgan fingerprint density at radius 3 is 2.47 bits per heavy atom. The SMILES string of the molecule is Cc1ccc2nccnc2c1S(C)(=O)=O. The zero-order valence-electron chi connectivity index (χ0n) is 8.43. The molecule has 0 aliphatic carbocycles. The molecule has 0 unspecified atom stereocenters. The van der Waals surface area contributed by atoms with E-state index in [2.05, 4.69) is 9.97 Å². The molecule has 1 aromatic carbocycles. The number of sulfone groups is 1. The van der Waals surface area contributed by atoms with E-state index >= 15 is 0 Å². The van der Waals surface area contributed by atoms with E-state index in [1.54, 1.807) is 25.3 Å². The Hall–Kier alpha value is -1.49. The molecule has 15 heavy (non-hydrogen) atoms. The number of rotatable bonds is 1. The number of hydrogen-bond donors (Lipinski definition) is 0. The number of fused-ring (bicyclic) bond motifs is 1. The molecule has 4 nitrogen and oxygen atoms in total. The normalized spacial score (nSPS) is 11.9. The average Bonchev–Trinajstić information content (AvgIpc) is 2.15. The first kappa shape index (κ1) is 10.0. The van der Waals surface area contributed by atoms with Crippen LogP contribution in [-0.4, -0.2) is 24.6 Å². The quantitative estimate of drug-likeness (QED) is 0.730. The Labute approximate surface area is 87.9 Å². The van der Waals surface area contributed by atoms with Crippen LogP contribution in [-0.2, 0) is 9.84 Å². The van der Waals surface area contributed by atoms with Gasteiger partial charge in [0.05, 0.1) is 10.4 Å². The Morgan fingerprint density at radius 2 is 1.80 bits per heavy atom. The highest BCUT2D eigenvalue weighted by Gasteiger charge is 2.16. The lowest BCUT2D eigenvalue weighted by atomic mass is 10.2. The third-order valence-electron chi connectivity index (χ3n) is 2.16. The van der Waals surface area contributed by atoms with E-state index in [0.717, 1.165) is 0 Å². The lowest BCUT2D eigenvalue weighted by Gasteiger charge is -2.06. The summed E-state index contributed by atoms with van der Waals surface area (Å²) in [5.41, 5.74) is 1.74. The van der Waals surface area contributed by atoms with Crippen molar-refractivity contribution in [2.45, 2.75) is 11.8 Å². The minimum Gasteiger partial charge on any atom is -0.253 e. The summed E-state index contributed by atoms with van der Waals surface area (Å²) in [6, 6.07) is 3.51. The van der Waals surface area contributed by atoms with Crippen LogP contribution in [0.15, 0.2) is 29.4 Å². The molecule has 0 fully saturated rings. The summed E-state index contributed by atoms with van der Waals surface area (Å²) in [6.45, 7) is 1.75. The summed E-state index contributed by atoms with van der Waals surface area (Å²) in [4.78, 5) is 8.41. The molecule has 0 saturated heterocycles. The van der Waals surface area contributed by atoms with Crippen molar-refractivity contribution in [1.82, 2.24) is 9.97 Å². The van der Waals surface area contributed by atoms with Gasteiger partial charge in [0.25, 0.3) is 0 Å². The van der Waals surface area contributed by atoms with Gasteiger partial charge in [-0.25, -0.2) is 8.42 Å². The van der Waals surface area contributed by atoms with E-state index < -0.39 is 9.84 Å². The second-order valence-electron chi connectivity index (χ2n) is 3.41. The first-order chi connectivity index (χ1) is 7.00. The molecule has 0 aliphatic rings. The third kappa shape index (κ3) is 1.70. The highest BCUT2D eigenvalue weighted by molar-refractivity contribution is 7.91. The van der Waals surface area contributed by atoms with Crippen LogP contribution < -0.4 is 0 Å². The van der Waals surface area contributed by atoms with E-state index in [1.165, 1.54) is 12.5 Å². The van der Waals surface area contributed by atoms with Crippen molar-refractivity contribution in [1.29, 1.82) is 0 Å². The summed E-state index contributed by atoms with van der Waals surface area (Å²) >= 11 is 0. The molecule has 0 saturated carbocycles. The van der Waals surface area contributed by atoms with Gasteiger partial charge in [0.2, 0.25) is 0 Å². The molecular formula is C10H10N2O2S. The molecule has 78 valence electrons. The van der Waals surface area contributed by atoms with Crippen molar-refractivity contribution in [2.24, 2.45) is 0 Å². The molecule has 0 atom stereocenters.